The highest BCUT2D eigenvalue weighted by atomic mass is 19.4. The van der Waals surface area contributed by atoms with Crippen molar-refractivity contribution in [3.63, 3.8) is 0 Å². The second-order valence-electron chi connectivity index (χ2n) is 6.88. The summed E-state index contributed by atoms with van der Waals surface area (Å²) in [5, 5.41) is 5.21. The lowest BCUT2D eigenvalue weighted by Crippen LogP contribution is -2.35. The van der Waals surface area contributed by atoms with E-state index in [-0.39, 0.29) is 17.5 Å². The summed E-state index contributed by atoms with van der Waals surface area (Å²) in [4.78, 5) is 24.7. The summed E-state index contributed by atoms with van der Waals surface area (Å²) in [6.07, 6.45) is -1.06. The zero-order valence-electron chi connectivity index (χ0n) is 15.1. The smallest absolute Gasteiger partial charge is 0.418 e. The molecule has 1 saturated carbocycles. The predicted molar refractivity (Wildman–Crippen MR) is 96.1 cm³/mol. The average molecular weight is 394 g/mol. The highest BCUT2D eigenvalue weighted by molar-refractivity contribution is 5.93. The molecule has 0 saturated heterocycles. The molecule has 0 bridgehead atoms. The molecule has 1 aliphatic rings. The minimum Gasteiger partial charge on any atom is -0.467 e. The van der Waals surface area contributed by atoms with Gasteiger partial charge < -0.3 is 15.1 Å². The van der Waals surface area contributed by atoms with Crippen molar-refractivity contribution >= 4 is 17.5 Å². The van der Waals surface area contributed by atoms with Crippen LogP contribution in [0.25, 0.3) is 0 Å². The van der Waals surface area contributed by atoms with Crippen LogP contribution in [0.1, 0.15) is 37.0 Å². The molecule has 1 aliphatic carbocycles. The van der Waals surface area contributed by atoms with Crippen molar-refractivity contribution in [1.82, 2.24) is 5.32 Å². The first-order chi connectivity index (χ1) is 13.3. The van der Waals surface area contributed by atoms with Gasteiger partial charge in [-0.1, -0.05) is 12.1 Å². The molecule has 0 spiro atoms. The Labute approximate surface area is 160 Å². The highest BCUT2D eigenvalue weighted by Gasteiger charge is 2.35. The first-order valence-corrected chi connectivity index (χ1v) is 9.12. The molecule has 0 aliphatic heterocycles. The topological polar surface area (TPSA) is 71.3 Å². The van der Waals surface area contributed by atoms with E-state index in [0.717, 1.165) is 6.07 Å². The minimum atomic E-state index is -4.53. The fraction of sp³-hybridized carbons (Fsp3) is 0.400. The van der Waals surface area contributed by atoms with Gasteiger partial charge in [-0.3, -0.25) is 9.59 Å². The molecular weight excluding hydrogens is 373 g/mol. The summed E-state index contributed by atoms with van der Waals surface area (Å²) in [7, 11) is 0. The normalized spacial score (nSPS) is 19.8. The number of nitrogens with one attached hydrogen (secondary N) is 2. The van der Waals surface area contributed by atoms with Crippen molar-refractivity contribution < 1.29 is 27.2 Å². The monoisotopic (exact) mass is 394 g/mol. The van der Waals surface area contributed by atoms with E-state index in [2.05, 4.69) is 10.6 Å². The summed E-state index contributed by atoms with van der Waals surface area (Å²) in [5.74, 6) is -0.495. The number of para-hydroxylation sites is 1. The number of rotatable bonds is 5. The molecule has 0 atom stereocenters. The van der Waals surface area contributed by atoms with E-state index in [1.165, 1.54) is 24.5 Å². The summed E-state index contributed by atoms with van der Waals surface area (Å²) in [6, 6.07) is 8.42. The van der Waals surface area contributed by atoms with Crippen molar-refractivity contribution in [3.8, 4) is 0 Å². The van der Waals surface area contributed by atoms with Crippen molar-refractivity contribution in [2.45, 2.75) is 38.4 Å². The first kappa shape index (κ1) is 20.0. The van der Waals surface area contributed by atoms with E-state index in [1.54, 1.807) is 12.1 Å². The third-order valence-corrected chi connectivity index (χ3v) is 4.98. The van der Waals surface area contributed by atoms with Gasteiger partial charge in [0.1, 0.15) is 5.76 Å². The molecule has 3 rings (SSSR count). The summed E-state index contributed by atoms with van der Waals surface area (Å²) < 4.78 is 44.3. The molecule has 1 aromatic carbocycles. The molecule has 2 amide bonds. The molecule has 2 N–H and O–H groups in total. The van der Waals surface area contributed by atoms with Gasteiger partial charge in [0.2, 0.25) is 11.8 Å². The van der Waals surface area contributed by atoms with E-state index >= 15 is 0 Å². The van der Waals surface area contributed by atoms with Crippen molar-refractivity contribution in [1.29, 1.82) is 0 Å². The van der Waals surface area contributed by atoms with Crippen LogP contribution in [-0.2, 0) is 22.3 Å². The summed E-state index contributed by atoms with van der Waals surface area (Å²) in [6.45, 7) is 0.306. The van der Waals surface area contributed by atoms with Crippen LogP contribution in [0.5, 0.6) is 0 Å². The number of halogens is 3. The van der Waals surface area contributed by atoms with Gasteiger partial charge in [-0.2, -0.15) is 13.2 Å². The molecule has 0 unspecified atom stereocenters. The molecule has 1 heterocycles. The SMILES string of the molecule is O=C(NCc1ccco1)C1CCC(C(=O)Nc2ccccc2C(F)(F)F)CC1. The van der Waals surface area contributed by atoms with E-state index in [4.69, 9.17) is 4.42 Å². The van der Waals surface area contributed by atoms with Crippen LogP contribution in [0, 0.1) is 11.8 Å². The molecule has 0 radical (unpaired) electrons. The quantitative estimate of drug-likeness (QED) is 0.792. The number of amides is 2. The Kier molecular flexibility index (Phi) is 6.06. The largest absolute Gasteiger partial charge is 0.467 e. The number of anilines is 1. The molecule has 8 heteroatoms. The standard InChI is InChI=1S/C20H21F3N2O3/c21-20(22,23)16-5-1-2-6-17(16)25-19(27)14-9-7-13(8-10-14)18(26)24-12-15-4-3-11-28-15/h1-6,11,13-14H,7-10,12H2,(H,24,26)(H,25,27). The van der Waals surface area contributed by atoms with Crippen molar-refractivity contribution in [2.75, 3.05) is 5.32 Å². The highest BCUT2D eigenvalue weighted by Crippen LogP contribution is 2.36. The van der Waals surface area contributed by atoms with Crippen LogP contribution in [-0.4, -0.2) is 11.8 Å². The Morgan fingerprint density at radius 3 is 2.21 bits per heavy atom. The van der Waals surface area contributed by atoms with E-state index in [1.807, 2.05) is 0 Å². The summed E-state index contributed by atoms with van der Waals surface area (Å²) >= 11 is 0. The predicted octanol–water partition coefficient (Wildman–Crippen LogP) is 4.36. The average Bonchev–Trinajstić information content (AvgIpc) is 3.19. The van der Waals surface area contributed by atoms with Crippen molar-refractivity contribution in [3.05, 3.63) is 54.0 Å². The number of hydrogen-bond donors (Lipinski definition) is 2. The number of furan rings is 1. The van der Waals surface area contributed by atoms with Gasteiger partial charge in [0.15, 0.2) is 0 Å². The molecular formula is C20H21F3N2O3. The van der Waals surface area contributed by atoms with Gasteiger partial charge in [-0.05, 0) is 49.9 Å². The molecule has 2 aromatic rings. The van der Waals surface area contributed by atoms with Gasteiger partial charge in [-0.15, -0.1) is 0 Å². The van der Waals surface area contributed by atoms with Gasteiger partial charge in [0.05, 0.1) is 24.1 Å². The number of carbonyl (C=O) groups is 2. The molecule has 5 nitrogen and oxygen atoms in total. The Balaban J connectivity index is 1.51. The van der Waals surface area contributed by atoms with E-state index < -0.39 is 23.6 Å². The number of hydrogen-bond acceptors (Lipinski definition) is 3. The summed E-state index contributed by atoms with van der Waals surface area (Å²) in [5.41, 5.74) is -1.10. The van der Waals surface area contributed by atoms with E-state index in [9.17, 15) is 22.8 Å². The second-order valence-corrected chi connectivity index (χ2v) is 6.88. The number of carbonyl (C=O) groups excluding carboxylic acids is 2. The maximum absolute atomic E-state index is 13.1. The first-order valence-electron chi connectivity index (χ1n) is 9.12. The van der Waals surface area contributed by atoms with Crippen LogP contribution in [0.4, 0.5) is 18.9 Å². The molecule has 1 fully saturated rings. The lowest BCUT2D eigenvalue weighted by atomic mass is 9.81. The van der Waals surface area contributed by atoms with Crippen LogP contribution in [0.2, 0.25) is 0 Å². The fourth-order valence-corrected chi connectivity index (χ4v) is 3.42. The lowest BCUT2D eigenvalue weighted by molar-refractivity contribution is -0.137. The van der Waals surface area contributed by atoms with Gasteiger partial charge >= 0.3 is 6.18 Å². The van der Waals surface area contributed by atoms with E-state index in [0.29, 0.717) is 38.0 Å². The van der Waals surface area contributed by atoms with Gasteiger partial charge in [0, 0.05) is 11.8 Å². The van der Waals surface area contributed by atoms with Crippen LogP contribution >= 0.6 is 0 Å². The van der Waals surface area contributed by atoms with Crippen molar-refractivity contribution in [2.24, 2.45) is 11.8 Å². The van der Waals surface area contributed by atoms with Crippen LogP contribution < -0.4 is 10.6 Å². The second kappa shape index (κ2) is 8.50. The van der Waals surface area contributed by atoms with Crippen LogP contribution in [0.3, 0.4) is 0 Å². The maximum atomic E-state index is 13.1. The Bertz CT molecular complexity index is 810. The minimum absolute atomic E-state index is 0.0994. The Morgan fingerprint density at radius 1 is 0.964 bits per heavy atom. The third-order valence-electron chi connectivity index (χ3n) is 4.98. The Hall–Kier alpha value is -2.77. The zero-order chi connectivity index (χ0) is 20.1. The number of alkyl halides is 3. The molecule has 28 heavy (non-hydrogen) atoms. The van der Waals surface area contributed by atoms with Gasteiger partial charge in [0.25, 0.3) is 0 Å². The van der Waals surface area contributed by atoms with Crippen LogP contribution in [0.15, 0.2) is 47.1 Å². The zero-order valence-corrected chi connectivity index (χ0v) is 15.1. The van der Waals surface area contributed by atoms with Gasteiger partial charge in [-0.25, -0.2) is 0 Å². The molecule has 150 valence electrons. The Morgan fingerprint density at radius 2 is 1.61 bits per heavy atom. The fourth-order valence-electron chi connectivity index (χ4n) is 3.42. The third kappa shape index (κ3) is 4.94. The maximum Gasteiger partial charge on any atom is 0.418 e. The number of benzene rings is 1. The lowest BCUT2D eigenvalue weighted by Gasteiger charge is -2.27. The molecule has 1 aromatic heterocycles.